The maximum Gasteiger partial charge on any atom is 0.270 e. The second-order valence-corrected chi connectivity index (χ2v) is 5.18. The summed E-state index contributed by atoms with van der Waals surface area (Å²) in [5, 5.41) is 22.2. The number of nitrogens with one attached hydrogen (secondary N) is 1. The molecule has 0 radical (unpaired) electrons. The molecule has 0 saturated carbocycles. The van der Waals surface area contributed by atoms with E-state index >= 15 is 0 Å². The summed E-state index contributed by atoms with van der Waals surface area (Å²) in [6.45, 7) is 3.51. The van der Waals surface area contributed by atoms with Crippen LogP contribution in [0.15, 0.2) is 24.3 Å². The normalized spacial score (nSPS) is 15.5. The Labute approximate surface area is 121 Å². The highest BCUT2D eigenvalue weighted by molar-refractivity contribution is 6.21. The third-order valence-electron chi connectivity index (χ3n) is 2.97. The lowest BCUT2D eigenvalue weighted by atomic mass is 9.94. The van der Waals surface area contributed by atoms with Crippen LogP contribution in [0.2, 0.25) is 0 Å². The molecule has 2 rings (SSSR count). The summed E-state index contributed by atoms with van der Waals surface area (Å²) < 4.78 is 5.71. The molecule has 0 aliphatic carbocycles. The molecular weight excluding hydrogens is 276 g/mol. The molecule has 7 nitrogen and oxygen atoms in total. The fourth-order valence-electron chi connectivity index (χ4n) is 2.12. The van der Waals surface area contributed by atoms with E-state index in [0.717, 1.165) is 0 Å². The molecule has 1 aromatic carbocycles. The molecule has 1 heterocycles. The Balaban J connectivity index is 2.47. The van der Waals surface area contributed by atoms with Gasteiger partial charge in [0.25, 0.3) is 11.6 Å². The zero-order valence-corrected chi connectivity index (χ0v) is 11.8. The third kappa shape index (κ3) is 3.19. The van der Waals surface area contributed by atoms with Crippen molar-refractivity contribution >= 4 is 17.2 Å². The minimum absolute atomic E-state index is 0.113. The molecule has 0 saturated heterocycles. The Bertz CT molecular complexity index is 622. The summed E-state index contributed by atoms with van der Waals surface area (Å²) >= 11 is 0. The number of rotatable bonds is 4. The van der Waals surface area contributed by atoms with Crippen molar-refractivity contribution in [2.45, 2.75) is 19.4 Å². The Morgan fingerprint density at radius 1 is 1.48 bits per heavy atom. The number of nitrogens with zero attached hydrogens (tertiary/aromatic N) is 1. The van der Waals surface area contributed by atoms with E-state index in [0.29, 0.717) is 16.9 Å². The van der Waals surface area contributed by atoms with Gasteiger partial charge in [-0.25, -0.2) is 0 Å². The number of amides is 1. The van der Waals surface area contributed by atoms with Gasteiger partial charge in [-0.1, -0.05) is 0 Å². The Kier molecular flexibility index (Phi) is 3.95. The smallest absolute Gasteiger partial charge is 0.270 e. The van der Waals surface area contributed by atoms with Crippen LogP contribution in [0.1, 0.15) is 19.4 Å². The third-order valence-corrected chi connectivity index (χ3v) is 2.97. The van der Waals surface area contributed by atoms with Gasteiger partial charge in [0.05, 0.1) is 17.1 Å². The molecule has 0 unspecified atom stereocenters. The van der Waals surface area contributed by atoms with Gasteiger partial charge in [0.15, 0.2) is 0 Å². The van der Waals surface area contributed by atoms with Crippen molar-refractivity contribution in [2.75, 3.05) is 13.2 Å². The first-order chi connectivity index (χ1) is 9.84. The van der Waals surface area contributed by atoms with Gasteiger partial charge in [-0.2, -0.15) is 0 Å². The van der Waals surface area contributed by atoms with E-state index in [4.69, 9.17) is 9.84 Å². The first-order valence-electron chi connectivity index (χ1n) is 6.44. The number of non-ortho nitro benzene ring substituents is 1. The number of carbonyl (C=O) groups is 1. The lowest BCUT2D eigenvalue weighted by molar-refractivity contribution is -0.384. The van der Waals surface area contributed by atoms with E-state index in [2.05, 4.69) is 5.32 Å². The number of fused-ring (bicyclic) bond motifs is 1. The van der Waals surface area contributed by atoms with Crippen LogP contribution in [0.3, 0.4) is 0 Å². The molecule has 0 aromatic heterocycles. The molecule has 0 spiro atoms. The van der Waals surface area contributed by atoms with Crippen LogP contribution in [0.25, 0.3) is 5.57 Å². The molecule has 2 N–H and O–H groups in total. The summed E-state index contributed by atoms with van der Waals surface area (Å²) in [5.74, 6) is 0.0180. The monoisotopic (exact) mass is 292 g/mol. The average molecular weight is 292 g/mol. The van der Waals surface area contributed by atoms with Gasteiger partial charge in [-0.15, -0.1) is 0 Å². The van der Waals surface area contributed by atoms with Gasteiger partial charge in [0, 0.05) is 24.2 Å². The van der Waals surface area contributed by atoms with Crippen molar-refractivity contribution in [3.63, 3.8) is 0 Å². The van der Waals surface area contributed by atoms with E-state index in [-0.39, 0.29) is 18.8 Å². The lowest BCUT2D eigenvalue weighted by Gasteiger charge is -2.30. The summed E-state index contributed by atoms with van der Waals surface area (Å²) in [6.07, 6.45) is 1.62. The zero-order valence-electron chi connectivity index (χ0n) is 11.8. The quantitative estimate of drug-likeness (QED) is 0.642. The van der Waals surface area contributed by atoms with Crippen LogP contribution in [-0.2, 0) is 4.79 Å². The van der Waals surface area contributed by atoms with Crippen molar-refractivity contribution in [3.05, 3.63) is 40.0 Å². The average Bonchev–Trinajstić information content (AvgIpc) is 2.42. The van der Waals surface area contributed by atoms with Crippen molar-refractivity contribution in [1.29, 1.82) is 0 Å². The van der Waals surface area contributed by atoms with Gasteiger partial charge < -0.3 is 15.2 Å². The maximum atomic E-state index is 12.2. The van der Waals surface area contributed by atoms with Crippen LogP contribution >= 0.6 is 0 Å². The number of carbonyl (C=O) groups excluding carboxylic acids is 1. The van der Waals surface area contributed by atoms with Gasteiger partial charge in [-0.05, 0) is 26.0 Å². The van der Waals surface area contributed by atoms with Crippen LogP contribution < -0.4 is 10.1 Å². The highest BCUT2D eigenvalue weighted by Gasteiger charge is 2.30. The maximum absolute atomic E-state index is 12.2. The minimum atomic E-state index is -0.699. The summed E-state index contributed by atoms with van der Waals surface area (Å²) in [5.41, 5.74) is -0.134. The highest BCUT2D eigenvalue weighted by Crippen LogP contribution is 2.38. The summed E-state index contributed by atoms with van der Waals surface area (Å²) in [7, 11) is 0. The molecule has 112 valence electrons. The summed E-state index contributed by atoms with van der Waals surface area (Å²) in [4.78, 5) is 22.5. The number of benzene rings is 1. The van der Waals surface area contributed by atoms with Gasteiger partial charge >= 0.3 is 0 Å². The number of hydrogen-bond donors (Lipinski definition) is 2. The zero-order chi connectivity index (χ0) is 15.6. The van der Waals surface area contributed by atoms with Gasteiger partial charge in [0.2, 0.25) is 0 Å². The summed E-state index contributed by atoms with van der Waals surface area (Å²) in [6, 6.07) is 4.14. The molecule has 1 aliphatic rings. The molecule has 7 heteroatoms. The largest absolute Gasteiger partial charge is 0.483 e. The Morgan fingerprint density at radius 3 is 2.81 bits per heavy atom. The van der Waals surface area contributed by atoms with E-state index in [1.165, 1.54) is 18.2 Å². The van der Waals surface area contributed by atoms with Crippen LogP contribution in [-0.4, -0.2) is 34.7 Å². The second kappa shape index (κ2) is 5.53. The topological polar surface area (TPSA) is 102 Å². The lowest BCUT2D eigenvalue weighted by Crippen LogP contribution is -2.34. The van der Waals surface area contributed by atoms with Crippen LogP contribution in [0.4, 0.5) is 5.69 Å². The van der Waals surface area contributed by atoms with E-state index in [1.807, 2.05) is 0 Å². The highest BCUT2D eigenvalue weighted by atomic mass is 16.6. The predicted octanol–water partition coefficient (Wildman–Crippen LogP) is 1.26. The van der Waals surface area contributed by atoms with Crippen molar-refractivity contribution < 1.29 is 19.6 Å². The second-order valence-electron chi connectivity index (χ2n) is 5.18. The molecule has 0 bridgehead atoms. The molecule has 1 aliphatic heterocycles. The minimum Gasteiger partial charge on any atom is -0.483 e. The first-order valence-corrected chi connectivity index (χ1v) is 6.44. The molecule has 21 heavy (non-hydrogen) atoms. The van der Waals surface area contributed by atoms with Crippen molar-refractivity contribution in [2.24, 2.45) is 0 Å². The van der Waals surface area contributed by atoms with E-state index < -0.39 is 16.4 Å². The Morgan fingerprint density at radius 2 is 2.19 bits per heavy atom. The Hall–Kier alpha value is -2.41. The molecule has 1 aromatic rings. The first kappa shape index (κ1) is 15.0. The number of nitro benzene ring substituents is 1. The molecular formula is C14H16N2O5. The van der Waals surface area contributed by atoms with E-state index in [9.17, 15) is 14.9 Å². The van der Waals surface area contributed by atoms with Gasteiger partial charge in [0.1, 0.15) is 11.4 Å². The molecule has 0 fully saturated rings. The number of aliphatic hydroxyl groups excluding tert-OH is 1. The van der Waals surface area contributed by atoms with Gasteiger partial charge in [-0.3, -0.25) is 14.9 Å². The SMILES string of the molecule is CC1(C)C=C(C(=O)NCCO)c2cc([N+](=O)[O-])ccc2O1. The number of ether oxygens (including phenoxy) is 1. The fraction of sp³-hybridized carbons (Fsp3) is 0.357. The fourth-order valence-corrected chi connectivity index (χ4v) is 2.12. The standard InChI is InChI=1S/C14H16N2O5/c1-14(2)8-11(13(18)15-5-6-17)10-7-9(16(19)20)3-4-12(10)21-14/h3-4,7-8,17H,5-6H2,1-2H3,(H,15,18). The van der Waals surface area contributed by atoms with E-state index in [1.54, 1.807) is 19.9 Å². The van der Waals surface area contributed by atoms with Crippen LogP contribution in [0.5, 0.6) is 5.75 Å². The number of hydrogen-bond acceptors (Lipinski definition) is 5. The molecule has 0 atom stereocenters. The van der Waals surface area contributed by atoms with Crippen molar-refractivity contribution in [3.8, 4) is 5.75 Å². The predicted molar refractivity (Wildman–Crippen MR) is 75.9 cm³/mol. The molecule has 1 amide bonds. The number of nitro groups is 1. The van der Waals surface area contributed by atoms with Crippen LogP contribution in [0, 0.1) is 10.1 Å². The van der Waals surface area contributed by atoms with Crippen molar-refractivity contribution in [1.82, 2.24) is 5.32 Å². The number of aliphatic hydroxyl groups is 1.